The molecule has 0 heterocycles. The van der Waals surface area contributed by atoms with Crippen molar-refractivity contribution >= 4 is 11.9 Å². The lowest BCUT2D eigenvalue weighted by atomic mass is 9.82. The van der Waals surface area contributed by atoms with E-state index in [2.05, 4.69) is 5.32 Å². The summed E-state index contributed by atoms with van der Waals surface area (Å²) >= 11 is 0. The van der Waals surface area contributed by atoms with Crippen LogP contribution < -0.4 is 14.8 Å². The number of aryl methyl sites for hydroxylation is 1. The molecular formula is C18H27NO5. The summed E-state index contributed by atoms with van der Waals surface area (Å²) in [4.78, 5) is 23.5. The van der Waals surface area contributed by atoms with E-state index in [9.17, 15) is 14.7 Å². The van der Waals surface area contributed by atoms with E-state index in [1.807, 2.05) is 26.0 Å². The minimum absolute atomic E-state index is 0.148. The summed E-state index contributed by atoms with van der Waals surface area (Å²) < 4.78 is 10.4. The van der Waals surface area contributed by atoms with Gasteiger partial charge in [0, 0.05) is 19.0 Å². The molecule has 134 valence electrons. The standard InChI is InChI=1S/C18H27NO5/c1-5-18(6-2,17(21)22)12-19-16(20)8-7-13-9-14(23-3)11-15(10-13)24-4/h9-11H,5-8,12H2,1-4H3,(H,19,20)(H,21,22). The summed E-state index contributed by atoms with van der Waals surface area (Å²) in [5, 5.41) is 12.1. The van der Waals surface area contributed by atoms with Crippen molar-refractivity contribution in [1.29, 1.82) is 0 Å². The third-order valence-electron chi connectivity index (χ3n) is 4.48. The molecule has 0 unspecified atom stereocenters. The van der Waals surface area contributed by atoms with Crippen LogP contribution in [0.5, 0.6) is 11.5 Å². The molecule has 0 saturated carbocycles. The number of ether oxygens (including phenoxy) is 2. The minimum atomic E-state index is -0.894. The molecule has 2 N–H and O–H groups in total. The van der Waals surface area contributed by atoms with Crippen molar-refractivity contribution in [1.82, 2.24) is 5.32 Å². The lowest BCUT2D eigenvalue weighted by Gasteiger charge is -2.26. The van der Waals surface area contributed by atoms with Crippen LogP contribution in [0.2, 0.25) is 0 Å². The average molecular weight is 337 g/mol. The molecule has 0 bridgehead atoms. The SMILES string of the molecule is CCC(CC)(CNC(=O)CCc1cc(OC)cc(OC)c1)C(=O)O. The van der Waals surface area contributed by atoms with Gasteiger partial charge in [-0.05, 0) is 37.0 Å². The first kappa shape index (κ1) is 19.8. The molecule has 1 rings (SSSR count). The van der Waals surface area contributed by atoms with Gasteiger partial charge in [0.25, 0.3) is 0 Å². The first-order valence-electron chi connectivity index (χ1n) is 8.12. The molecule has 0 fully saturated rings. The molecular weight excluding hydrogens is 310 g/mol. The Morgan fingerprint density at radius 3 is 2.04 bits per heavy atom. The number of hydrogen-bond acceptors (Lipinski definition) is 4. The minimum Gasteiger partial charge on any atom is -0.497 e. The Kier molecular flexibility index (Phi) is 7.55. The van der Waals surface area contributed by atoms with Gasteiger partial charge in [0.05, 0.1) is 19.6 Å². The quantitative estimate of drug-likeness (QED) is 0.685. The molecule has 0 spiro atoms. The molecule has 1 aromatic carbocycles. The molecule has 6 heteroatoms. The van der Waals surface area contributed by atoms with E-state index in [1.54, 1.807) is 20.3 Å². The van der Waals surface area contributed by atoms with E-state index >= 15 is 0 Å². The van der Waals surface area contributed by atoms with E-state index in [0.717, 1.165) is 5.56 Å². The van der Waals surface area contributed by atoms with Crippen LogP contribution in [0.1, 0.15) is 38.7 Å². The van der Waals surface area contributed by atoms with Gasteiger partial charge in [-0.2, -0.15) is 0 Å². The van der Waals surface area contributed by atoms with Gasteiger partial charge in [-0.25, -0.2) is 0 Å². The van der Waals surface area contributed by atoms with Gasteiger partial charge in [-0.1, -0.05) is 13.8 Å². The molecule has 1 amide bonds. The Morgan fingerprint density at radius 2 is 1.62 bits per heavy atom. The molecule has 0 aromatic heterocycles. The molecule has 0 aliphatic carbocycles. The highest BCUT2D eigenvalue weighted by Gasteiger charge is 2.34. The number of carbonyl (C=O) groups is 2. The second-order valence-electron chi connectivity index (χ2n) is 5.79. The Balaban J connectivity index is 2.62. The summed E-state index contributed by atoms with van der Waals surface area (Å²) in [6, 6.07) is 5.48. The van der Waals surface area contributed by atoms with E-state index in [-0.39, 0.29) is 18.9 Å². The lowest BCUT2D eigenvalue weighted by molar-refractivity contribution is -0.149. The number of benzene rings is 1. The van der Waals surface area contributed by atoms with Crippen LogP contribution in [0.3, 0.4) is 0 Å². The first-order valence-corrected chi connectivity index (χ1v) is 8.12. The fraction of sp³-hybridized carbons (Fsp3) is 0.556. The molecule has 0 aliphatic heterocycles. The average Bonchev–Trinajstić information content (AvgIpc) is 2.60. The Labute approximate surface area is 143 Å². The maximum atomic E-state index is 12.1. The van der Waals surface area contributed by atoms with Gasteiger partial charge in [0.1, 0.15) is 11.5 Å². The predicted octanol–water partition coefficient (Wildman–Crippen LogP) is 2.64. The van der Waals surface area contributed by atoms with Gasteiger partial charge in [0.15, 0.2) is 0 Å². The highest BCUT2D eigenvalue weighted by atomic mass is 16.5. The van der Waals surface area contributed by atoms with E-state index < -0.39 is 11.4 Å². The van der Waals surface area contributed by atoms with E-state index in [1.165, 1.54) is 0 Å². The highest BCUT2D eigenvalue weighted by Crippen LogP contribution is 2.26. The summed E-state index contributed by atoms with van der Waals surface area (Å²) in [7, 11) is 3.15. The Bertz CT molecular complexity index is 544. The predicted molar refractivity (Wildman–Crippen MR) is 91.5 cm³/mol. The number of carboxylic acid groups (broad SMARTS) is 1. The Hall–Kier alpha value is -2.24. The molecule has 0 aliphatic rings. The van der Waals surface area contributed by atoms with Crippen molar-refractivity contribution in [2.45, 2.75) is 39.5 Å². The lowest BCUT2D eigenvalue weighted by Crippen LogP contribution is -2.42. The number of methoxy groups -OCH3 is 2. The van der Waals surface area contributed by atoms with Gasteiger partial charge >= 0.3 is 5.97 Å². The Morgan fingerprint density at radius 1 is 1.08 bits per heavy atom. The van der Waals surface area contributed by atoms with E-state index in [0.29, 0.717) is 30.8 Å². The molecule has 1 aromatic rings. The van der Waals surface area contributed by atoms with Gasteiger partial charge in [0.2, 0.25) is 5.91 Å². The summed E-state index contributed by atoms with van der Waals surface area (Å²) in [5.41, 5.74) is 0.0336. The largest absolute Gasteiger partial charge is 0.497 e. The third-order valence-corrected chi connectivity index (χ3v) is 4.48. The van der Waals surface area contributed by atoms with Crippen LogP contribution >= 0.6 is 0 Å². The third kappa shape index (κ3) is 5.15. The van der Waals surface area contributed by atoms with Gasteiger partial charge in [-0.15, -0.1) is 0 Å². The molecule has 6 nitrogen and oxygen atoms in total. The summed E-state index contributed by atoms with van der Waals surface area (Å²) in [6.07, 6.45) is 1.76. The summed E-state index contributed by atoms with van der Waals surface area (Å²) in [5.74, 6) is 0.313. The number of aliphatic carboxylic acids is 1. The maximum absolute atomic E-state index is 12.1. The number of carboxylic acids is 1. The van der Waals surface area contributed by atoms with Gasteiger partial charge in [-0.3, -0.25) is 9.59 Å². The van der Waals surface area contributed by atoms with Gasteiger partial charge < -0.3 is 19.9 Å². The first-order chi connectivity index (χ1) is 11.4. The second kappa shape index (κ2) is 9.15. The van der Waals surface area contributed by atoms with Crippen molar-refractivity contribution in [2.75, 3.05) is 20.8 Å². The number of rotatable bonds is 10. The zero-order chi connectivity index (χ0) is 18.2. The van der Waals surface area contributed by atoms with Crippen LogP contribution in [0.4, 0.5) is 0 Å². The highest BCUT2D eigenvalue weighted by molar-refractivity contribution is 5.79. The van der Waals surface area contributed by atoms with E-state index in [4.69, 9.17) is 9.47 Å². The fourth-order valence-corrected chi connectivity index (χ4v) is 2.50. The maximum Gasteiger partial charge on any atom is 0.311 e. The topological polar surface area (TPSA) is 84.9 Å². The normalized spacial score (nSPS) is 11.0. The van der Waals surface area contributed by atoms with Crippen LogP contribution in [-0.2, 0) is 16.0 Å². The fourth-order valence-electron chi connectivity index (χ4n) is 2.50. The molecule has 24 heavy (non-hydrogen) atoms. The zero-order valence-electron chi connectivity index (χ0n) is 14.8. The van der Waals surface area contributed by atoms with Crippen LogP contribution in [0.15, 0.2) is 18.2 Å². The number of nitrogens with one attached hydrogen (secondary N) is 1. The van der Waals surface area contributed by atoms with Crippen molar-refractivity contribution in [3.05, 3.63) is 23.8 Å². The summed E-state index contributed by atoms with van der Waals surface area (Å²) in [6.45, 7) is 3.80. The monoisotopic (exact) mass is 337 g/mol. The number of carbonyl (C=O) groups excluding carboxylic acids is 1. The van der Waals surface area contributed by atoms with Crippen LogP contribution in [-0.4, -0.2) is 37.7 Å². The van der Waals surface area contributed by atoms with Crippen LogP contribution in [0.25, 0.3) is 0 Å². The van der Waals surface area contributed by atoms with Crippen LogP contribution in [0, 0.1) is 5.41 Å². The van der Waals surface area contributed by atoms with Crippen molar-refractivity contribution < 1.29 is 24.2 Å². The van der Waals surface area contributed by atoms with Crippen molar-refractivity contribution in [2.24, 2.45) is 5.41 Å². The molecule has 0 atom stereocenters. The second-order valence-corrected chi connectivity index (χ2v) is 5.79. The molecule has 0 radical (unpaired) electrons. The molecule has 0 saturated heterocycles. The number of amides is 1. The van der Waals surface area contributed by atoms with Crippen molar-refractivity contribution in [3.63, 3.8) is 0 Å². The zero-order valence-corrected chi connectivity index (χ0v) is 14.8. The van der Waals surface area contributed by atoms with Crippen molar-refractivity contribution in [3.8, 4) is 11.5 Å². The smallest absolute Gasteiger partial charge is 0.311 e. The number of hydrogen-bond donors (Lipinski definition) is 2.